The molecule has 0 unspecified atom stereocenters. The predicted molar refractivity (Wildman–Crippen MR) is 130 cm³/mol. The van der Waals surface area contributed by atoms with E-state index in [1.807, 2.05) is 0 Å². The first-order valence-electron chi connectivity index (χ1n) is 10.5. The number of amides is 1. The molecule has 0 saturated heterocycles. The lowest BCUT2D eigenvalue weighted by Gasteiger charge is -2.09. The van der Waals surface area contributed by atoms with E-state index in [0.29, 0.717) is 17.0 Å². The van der Waals surface area contributed by atoms with E-state index >= 15 is 0 Å². The highest BCUT2D eigenvalue weighted by Crippen LogP contribution is 2.36. The molecule has 182 valence electrons. The van der Waals surface area contributed by atoms with Crippen LogP contribution in [0.15, 0.2) is 94.0 Å². The molecule has 4 rings (SSSR count). The van der Waals surface area contributed by atoms with E-state index in [1.54, 1.807) is 30.3 Å². The Morgan fingerprint density at radius 1 is 0.889 bits per heavy atom. The second-order valence-corrected chi connectivity index (χ2v) is 7.92. The molecule has 2 aromatic carbocycles. The molecular formula is C27H17ClF3NO4. The molecule has 0 radical (unpaired) electrons. The van der Waals surface area contributed by atoms with Gasteiger partial charge in [-0.3, -0.25) is 9.59 Å². The third-order valence-electron chi connectivity index (χ3n) is 4.94. The van der Waals surface area contributed by atoms with Gasteiger partial charge in [-0.1, -0.05) is 23.7 Å². The van der Waals surface area contributed by atoms with Crippen molar-refractivity contribution in [3.05, 3.63) is 113 Å². The number of alkyl halides is 3. The van der Waals surface area contributed by atoms with Gasteiger partial charge in [0, 0.05) is 22.9 Å². The maximum Gasteiger partial charge on any atom is 0.416 e. The molecule has 0 fully saturated rings. The largest absolute Gasteiger partial charge is 0.465 e. The van der Waals surface area contributed by atoms with Crippen LogP contribution in [0.4, 0.5) is 18.9 Å². The van der Waals surface area contributed by atoms with E-state index in [2.05, 4.69) is 5.32 Å². The molecule has 0 saturated carbocycles. The molecule has 1 amide bonds. The summed E-state index contributed by atoms with van der Waals surface area (Å²) in [5, 5.41) is 2.76. The molecule has 0 aliphatic carbocycles. The zero-order chi connectivity index (χ0) is 25.7. The van der Waals surface area contributed by atoms with E-state index in [-0.39, 0.29) is 27.9 Å². The van der Waals surface area contributed by atoms with Crippen LogP contribution in [-0.4, -0.2) is 11.7 Å². The lowest BCUT2D eigenvalue weighted by atomic mass is 10.1. The number of furan rings is 2. The minimum Gasteiger partial charge on any atom is -0.465 e. The molecule has 36 heavy (non-hydrogen) atoms. The molecule has 0 aliphatic heterocycles. The molecule has 9 heteroatoms. The Labute approximate surface area is 208 Å². The van der Waals surface area contributed by atoms with E-state index in [4.69, 9.17) is 20.4 Å². The maximum absolute atomic E-state index is 13.0. The van der Waals surface area contributed by atoms with Crippen molar-refractivity contribution >= 4 is 41.1 Å². The lowest BCUT2D eigenvalue weighted by Crippen LogP contribution is -2.08. The molecule has 4 aromatic rings. The summed E-state index contributed by atoms with van der Waals surface area (Å²) in [5.74, 6) is 0.135. The van der Waals surface area contributed by atoms with Gasteiger partial charge in [0.2, 0.25) is 5.91 Å². The Bertz CT molecular complexity index is 1450. The third-order valence-corrected chi connectivity index (χ3v) is 5.27. The quantitative estimate of drug-likeness (QED) is 0.203. The van der Waals surface area contributed by atoms with Crippen LogP contribution < -0.4 is 5.32 Å². The Morgan fingerprint density at radius 2 is 1.69 bits per heavy atom. The van der Waals surface area contributed by atoms with Crippen molar-refractivity contribution in [1.29, 1.82) is 0 Å². The van der Waals surface area contributed by atoms with Crippen LogP contribution in [0, 0.1) is 0 Å². The second kappa shape index (κ2) is 10.5. The van der Waals surface area contributed by atoms with E-state index < -0.39 is 17.6 Å². The van der Waals surface area contributed by atoms with E-state index in [1.165, 1.54) is 48.8 Å². The van der Waals surface area contributed by atoms with Crippen molar-refractivity contribution in [3.63, 3.8) is 0 Å². The number of allylic oxidation sites excluding steroid dienone is 1. The molecule has 2 aromatic heterocycles. The molecule has 5 nitrogen and oxygen atoms in total. The summed E-state index contributed by atoms with van der Waals surface area (Å²) in [5.41, 5.74) is -0.0365. The minimum absolute atomic E-state index is 0.0852. The summed E-state index contributed by atoms with van der Waals surface area (Å²) in [6, 6.07) is 15.7. The first kappa shape index (κ1) is 24.8. The zero-order valence-electron chi connectivity index (χ0n) is 18.4. The SMILES string of the molecule is O=C(/C=C/c1ccco1)Nc1cccc(C(=O)/C=C/c2ccc(-c3cc(C(F)(F)F)ccc3Cl)o2)c1. The van der Waals surface area contributed by atoms with Gasteiger partial charge < -0.3 is 14.2 Å². The van der Waals surface area contributed by atoms with Crippen LogP contribution in [-0.2, 0) is 11.0 Å². The van der Waals surface area contributed by atoms with Crippen LogP contribution in [0.25, 0.3) is 23.5 Å². The van der Waals surface area contributed by atoms with Crippen LogP contribution in [0.2, 0.25) is 5.02 Å². The monoisotopic (exact) mass is 511 g/mol. The third kappa shape index (κ3) is 6.22. The van der Waals surface area contributed by atoms with Crippen molar-refractivity contribution < 1.29 is 31.6 Å². The smallest absolute Gasteiger partial charge is 0.416 e. The number of rotatable bonds is 7. The number of hydrogen-bond donors (Lipinski definition) is 1. The van der Waals surface area contributed by atoms with Gasteiger partial charge in [0.25, 0.3) is 0 Å². The number of anilines is 1. The van der Waals surface area contributed by atoms with Crippen molar-refractivity contribution in [2.24, 2.45) is 0 Å². The maximum atomic E-state index is 13.0. The summed E-state index contributed by atoms with van der Waals surface area (Å²) < 4.78 is 49.8. The highest BCUT2D eigenvalue weighted by Gasteiger charge is 2.31. The Kier molecular flexibility index (Phi) is 7.26. The molecule has 0 atom stereocenters. The van der Waals surface area contributed by atoms with Gasteiger partial charge in [0.05, 0.1) is 16.8 Å². The van der Waals surface area contributed by atoms with E-state index in [0.717, 1.165) is 18.2 Å². The number of benzene rings is 2. The topological polar surface area (TPSA) is 72.5 Å². The van der Waals surface area contributed by atoms with Gasteiger partial charge in [-0.2, -0.15) is 13.2 Å². The summed E-state index contributed by atoms with van der Waals surface area (Å²) in [6.45, 7) is 0. The van der Waals surface area contributed by atoms with Crippen LogP contribution >= 0.6 is 11.6 Å². The van der Waals surface area contributed by atoms with Gasteiger partial charge >= 0.3 is 6.18 Å². The van der Waals surface area contributed by atoms with Crippen molar-refractivity contribution in [1.82, 2.24) is 0 Å². The highest BCUT2D eigenvalue weighted by molar-refractivity contribution is 6.33. The van der Waals surface area contributed by atoms with E-state index in [9.17, 15) is 22.8 Å². The van der Waals surface area contributed by atoms with Crippen molar-refractivity contribution in [2.45, 2.75) is 6.18 Å². The van der Waals surface area contributed by atoms with Crippen LogP contribution in [0.5, 0.6) is 0 Å². The molecule has 0 spiro atoms. The Morgan fingerprint density at radius 3 is 2.44 bits per heavy atom. The zero-order valence-corrected chi connectivity index (χ0v) is 19.1. The Hall–Kier alpha value is -4.30. The van der Waals surface area contributed by atoms with Gasteiger partial charge in [0.15, 0.2) is 5.78 Å². The highest BCUT2D eigenvalue weighted by atomic mass is 35.5. The molecular weight excluding hydrogens is 495 g/mol. The number of carbonyl (C=O) groups is 2. The summed E-state index contributed by atoms with van der Waals surface area (Å²) in [4.78, 5) is 24.7. The fourth-order valence-corrected chi connectivity index (χ4v) is 3.42. The average molecular weight is 512 g/mol. The molecule has 2 heterocycles. The fourth-order valence-electron chi connectivity index (χ4n) is 3.21. The summed E-state index contributed by atoms with van der Waals surface area (Å²) in [7, 11) is 0. The first-order valence-corrected chi connectivity index (χ1v) is 10.9. The molecule has 0 aliphatic rings. The first-order chi connectivity index (χ1) is 17.2. The van der Waals surface area contributed by atoms with Crippen molar-refractivity contribution in [2.75, 3.05) is 5.32 Å². The van der Waals surface area contributed by atoms with Crippen LogP contribution in [0.3, 0.4) is 0 Å². The average Bonchev–Trinajstić information content (AvgIpc) is 3.53. The predicted octanol–water partition coefficient (Wildman–Crippen LogP) is 7.76. The summed E-state index contributed by atoms with van der Waals surface area (Å²) in [6.07, 6.45) is 2.43. The number of nitrogens with one attached hydrogen (secondary N) is 1. The molecule has 1 N–H and O–H groups in total. The van der Waals surface area contributed by atoms with Crippen LogP contribution in [0.1, 0.15) is 27.4 Å². The molecule has 0 bridgehead atoms. The standard InChI is InChI=1S/C27H17ClF3NO4/c28-23-10-6-18(27(29,30)31)16-22(23)25-12-8-21(36-25)7-11-24(33)17-3-1-4-19(15-17)32-26(34)13-9-20-5-2-14-35-20/h1-16H,(H,32,34)/b11-7+,13-9+. The number of halogens is 4. The normalized spacial score (nSPS) is 11.9. The van der Waals surface area contributed by atoms with Gasteiger partial charge in [-0.05, 0) is 72.8 Å². The van der Waals surface area contributed by atoms with Gasteiger partial charge in [-0.25, -0.2) is 0 Å². The van der Waals surface area contributed by atoms with Crippen molar-refractivity contribution in [3.8, 4) is 11.3 Å². The second-order valence-electron chi connectivity index (χ2n) is 7.51. The van der Waals surface area contributed by atoms with Gasteiger partial charge in [-0.15, -0.1) is 0 Å². The fraction of sp³-hybridized carbons (Fsp3) is 0.0370. The minimum atomic E-state index is -4.52. The number of hydrogen-bond acceptors (Lipinski definition) is 4. The lowest BCUT2D eigenvalue weighted by molar-refractivity contribution is -0.137. The number of ketones is 1. The van der Waals surface area contributed by atoms with Gasteiger partial charge in [0.1, 0.15) is 17.3 Å². The number of carbonyl (C=O) groups excluding carboxylic acids is 2. The Balaban J connectivity index is 1.44. The summed E-state index contributed by atoms with van der Waals surface area (Å²) >= 11 is 6.06.